The second kappa shape index (κ2) is 7.87. The number of aromatic nitrogens is 3. The molecular weight excluding hydrogens is 382 g/mol. The molecule has 2 heterocycles. The second-order valence-corrected chi connectivity index (χ2v) is 6.77. The first-order chi connectivity index (χ1) is 14.5. The predicted octanol–water partition coefficient (Wildman–Crippen LogP) is 4.57. The number of aryl methyl sites for hydroxylation is 1. The summed E-state index contributed by atoms with van der Waals surface area (Å²) in [6.07, 6.45) is 0.930. The Balaban J connectivity index is 1.91. The van der Waals surface area contributed by atoms with Crippen molar-refractivity contribution < 1.29 is 19.4 Å². The monoisotopic (exact) mass is 403 g/mol. The van der Waals surface area contributed by atoms with Crippen molar-refractivity contribution in [2.24, 2.45) is 0 Å². The minimum Gasteiger partial charge on any atom is -0.497 e. The number of rotatable bonds is 6. The van der Waals surface area contributed by atoms with Crippen LogP contribution >= 0.6 is 0 Å². The smallest absolute Gasteiger partial charge is 0.336 e. The van der Waals surface area contributed by atoms with Crippen molar-refractivity contribution in [3.63, 3.8) is 0 Å². The number of nitrogens with zero attached hydrogens (tertiary/aromatic N) is 2. The summed E-state index contributed by atoms with van der Waals surface area (Å²) in [6.45, 7) is 2.09. The van der Waals surface area contributed by atoms with E-state index in [0.29, 0.717) is 39.5 Å². The van der Waals surface area contributed by atoms with Gasteiger partial charge in [-0.15, -0.1) is 0 Å². The lowest BCUT2D eigenvalue weighted by Gasteiger charge is -2.11. The lowest BCUT2D eigenvalue weighted by Crippen LogP contribution is -2.01. The zero-order chi connectivity index (χ0) is 21.3. The Kier molecular flexibility index (Phi) is 5.10. The molecule has 7 nitrogen and oxygen atoms in total. The summed E-state index contributed by atoms with van der Waals surface area (Å²) >= 11 is 0. The third-order valence-corrected chi connectivity index (χ3v) is 5.09. The van der Waals surface area contributed by atoms with Crippen LogP contribution in [-0.4, -0.2) is 40.5 Å². The average Bonchev–Trinajstić information content (AvgIpc) is 3.21. The maximum atomic E-state index is 12.1. The minimum atomic E-state index is -1.05. The Bertz CT molecular complexity index is 1230. The van der Waals surface area contributed by atoms with Gasteiger partial charge in [0.2, 0.25) is 0 Å². The van der Waals surface area contributed by atoms with E-state index in [2.05, 4.69) is 22.1 Å². The number of aromatic amines is 1. The molecule has 4 rings (SSSR count). The van der Waals surface area contributed by atoms with Crippen molar-refractivity contribution >= 4 is 17.0 Å². The number of hydrogen-bond acceptors (Lipinski definition) is 5. The molecule has 0 amide bonds. The third-order valence-electron chi connectivity index (χ3n) is 5.09. The van der Waals surface area contributed by atoms with E-state index in [1.807, 2.05) is 24.3 Å². The van der Waals surface area contributed by atoms with Gasteiger partial charge in [0.15, 0.2) is 5.65 Å². The molecule has 0 unspecified atom stereocenters. The van der Waals surface area contributed by atoms with Gasteiger partial charge in [-0.2, -0.15) is 5.10 Å². The molecule has 0 bridgehead atoms. The van der Waals surface area contributed by atoms with Crippen LogP contribution < -0.4 is 9.47 Å². The van der Waals surface area contributed by atoms with E-state index in [-0.39, 0.29) is 5.56 Å². The van der Waals surface area contributed by atoms with Crippen molar-refractivity contribution in [3.05, 3.63) is 59.7 Å². The zero-order valence-corrected chi connectivity index (χ0v) is 16.9. The number of pyridine rings is 1. The van der Waals surface area contributed by atoms with Crippen molar-refractivity contribution in [3.8, 4) is 34.0 Å². The lowest BCUT2D eigenvalue weighted by molar-refractivity contribution is 0.0699. The van der Waals surface area contributed by atoms with Gasteiger partial charge in [0.05, 0.1) is 36.6 Å². The fourth-order valence-electron chi connectivity index (χ4n) is 3.46. The van der Waals surface area contributed by atoms with Gasteiger partial charge in [-0.25, -0.2) is 9.78 Å². The quantitative estimate of drug-likeness (QED) is 0.489. The summed E-state index contributed by atoms with van der Waals surface area (Å²) in [7, 11) is 3.11. The van der Waals surface area contributed by atoms with Crippen LogP contribution in [0.25, 0.3) is 33.5 Å². The third kappa shape index (κ3) is 3.34. The molecule has 0 atom stereocenters. The van der Waals surface area contributed by atoms with Gasteiger partial charge in [-0.05, 0) is 30.2 Å². The number of fused-ring (bicyclic) bond motifs is 1. The minimum absolute atomic E-state index is 0.121. The summed E-state index contributed by atoms with van der Waals surface area (Å²) < 4.78 is 10.7. The van der Waals surface area contributed by atoms with Crippen molar-refractivity contribution in [1.29, 1.82) is 0 Å². The first-order valence-corrected chi connectivity index (χ1v) is 9.49. The molecule has 2 aromatic heterocycles. The maximum absolute atomic E-state index is 12.1. The fourth-order valence-corrected chi connectivity index (χ4v) is 3.46. The number of aromatic carboxylic acids is 1. The number of H-pyrrole nitrogens is 1. The molecule has 152 valence electrons. The van der Waals surface area contributed by atoms with Gasteiger partial charge in [0.1, 0.15) is 11.5 Å². The molecule has 7 heteroatoms. The number of carbonyl (C=O) groups is 1. The standard InChI is InChI=1S/C23H21N3O4/c1-4-13-5-7-14(8-6-13)21-20-17(23(27)28)12-18(24-22(20)26-25-21)16-10-9-15(29-2)11-19(16)30-3/h5-12H,4H2,1-3H3,(H,27,28)(H,24,25,26). The molecule has 0 aliphatic rings. The van der Waals surface area contributed by atoms with Crippen molar-refractivity contribution in [1.82, 2.24) is 15.2 Å². The molecule has 2 N–H and O–H groups in total. The normalized spacial score (nSPS) is 10.9. The average molecular weight is 403 g/mol. The largest absolute Gasteiger partial charge is 0.497 e. The van der Waals surface area contributed by atoms with E-state index in [1.54, 1.807) is 38.5 Å². The molecule has 0 aliphatic carbocycles. The Morgan fingerprint density at radius 3 is 2.47 bits per heavy atom. The van der Waals surface area contributed by atoms with E-state index in [9.17, 15) is 9.90 Å². The van der Waals surface area contributed by atoms with E-state index in [4.69, 9.17) is 9.47 Å². The van der Waals surface area contributed by atoms with E-state index in [0.717, 1.165) is 12.0 Å². The molecule has 4 aromatic rings. The summed E-state index contributed by atoms with van der Waals surface area (Å²) in [6, 6.07) is 14.8. The molecule has 0 aliphatic heterocycles. The predicted molar refractivity (Wildman–Crippen MR) is 114 cm³/mol. The van der Waals surface area contributed by atoms with E-state index >= 15 is 0 Å². The van der Waals surface area contributed by atoms with Crippen LogP contribution in [0.2, 0.25) is 0 Å². The number of carboxylic acids is 1. The number of ether oxygens (including phenoxy) is 2. The maximum Gasteiger partial charge on any atom is 0.336 e. The summed E-state index contributed by atoms with van der Waals surface area (Å²) in [4.78, 5) is 16.7. The summed E-state index contributed by atoms with van der Waals surface area (Å²) in [5.74, 6) is 0.111. The number of hydrogen-bond donors (Lipinski definition) is 2. The van der Waals surface area contributed by atoms with Gasteiger partial charge >= 0.3 is 5.97 Å². The van der Waals surface area contributed by atoms with Gasteiger partial charge in [0, 0.05) is 17.2 Å². The molecule has 0 spiro atoms. The molecule has 2 aromatic carbocycles. The van der Waals surface area contributed by atoms with Crippen molar-refractivity contribution in [2.45, 2.75) is 13.3 Å². The van der Waals surface area contributed by atoms with Gasteiger partial charge in [-0.1, -0.05) is 31.2 Å². The number of carboxylic acid groups (broad SMARTS) is 1. The highest BCUT2D eigenvalue weighted by Crippen LogP contribution is 2.36. The SMILES string of the molecule is CCc1ccc(-c2[nH]nc3nc(-c4ccc(OC)cc4OC)cc(C(=O)O)c23)cc1. The lowest BCUT2D eigenvalue weighted by atomic mass is 10.0. The van der Waals surface area contributed by atoms with Gasteiger partial charge < -0.3 is 14.6 Å². The van der Waals surface area contributed by atoms with E-state index in [1.165, 1.54) is 5.56 Å². The van der Waals surface area contributed by atoms with Crippen LogP contribution in [0.3, 0.4) is 0 Å². The highest BCUT2D eigenvalue weighted by Gasteiger charge is 2.21. The molecular formula is C23H21N3O4. The highest BCUT2D eigenvalue weighted by molar-refractivity contribution is 6.08. The Hall–Kier alpha value is -3.87. The first-order valence-electron chi connectivity index (χ1n) is 9.49. The highest BCUT2D eigenvalue weighted by atomic mass is 16.5. The number of nitrogens with one attached hydrogen (secondary N) is 1. The van der Waals surface area contributed by atoms with E-state index < -0.39 is 5.97 Å². The topological polar surface area (TPSA) is 97.3 Å². The Morgan fingerprint density at radius 2 is 1.83 bits per heavy atom. The van der Waals surface area contributed by atoms with Crippen LogP contribution in [0.5, 0.6) is 11.5 Å². The summed E-state index contributed by atoms with van der Waals surface area (Å²) in [5, 5.41) is 17.6. The van der Waals surface area contributed by atoms with Crippen LogP contribution in [0, 0.1) is 0 Å². The molecule has 30 heavy (non-hydrogen) atoms. The number of methoxy groups -OCH3 is 2. The number of benzene rings is 2. The Labute approximate surface area is 173 Å². The van der Waals surface area contributed by atoms with Crippen LogP contribution in [0.15, 0.2) is 48.5 Å². The molecule has 0 saturated carbocycles. The first kappa shape index (κ1) is 19.4. The van der Waals surface area contributed by atoms with Gasteiger partial charge in [0.25, 0.3) is 0 Å². The fraction of sp³-hybridized carbons (Fsp3) is 0.174. The van der Waals surface area contributed by atoms with Crippen LogP contribution in [-0.2, 0) is 6.42 Å². The molecule has 0 saturated heterocycles. The zero-order valence-electron chi connectivity index (χ0n) is 16.9. The van der Waals surface area contributed by atoms with Crippen molar-refractivity contribution in [2.75, 3.05) is 14.2 Å². The summed E-state index contributed by atoms with van der Waals surface area (Å²) in [5.41, 5.74) is 4.25. The molecule has 0 fully saturated rings. The van der Waals surface area contributed by atoms with Crippen LogP contribution in [0.4, 0.5) is 0 Å². The Morgan fingerprint density at radius 1 is 1.07 bits per heavy atom. The van der Waals surface area contributed by atoms with Crippen LogP contribution in [0.1, 0.15) is 22.8 Å². The van der Waals surface area contributed by atoms with Gasteiger partial charge in [-0.3, -0.25) is 5.10 Å². The second-order valence-electron chi connectivity index (χ2n) is 6.77. The molecule has 0 radical (unpaired) electrons.